The van der Waals surface area contributed by atoms with Gasteiger partial charge in [0.15, 0.2) is 11.5 Å². The van der Waals surface area contributed by atoms with Gasteiger partial charge in [-0.15, -0.1) is 0 Å². The van der Waals surface area contributed by atoms with Gasteiger partial charge < -0.3 is 24.4 Å². The van der Waals surface area contributed by atoms with Gasteiger partial charge in [0.1, 0.15) is 0 Å². The maximum atomic E-state index is 12.3. The van der Waals surface area contributed by atoms with Crippen LogP contribution >= 0.6 is 0 Å². The maximum absolute atomic E-state index is 12.3. The van der Waals surface area contributed by atoms with Gasteiger partial charge in [0.2, 0.25) is 5.75 Å². The molecule has 0 saturated carbocycles. The second-order valence-electron chi connectivity index (χ2n) is 5.51. The van der Waals surface area contributed by atoms with Crippen LogP contribution < -0.4 is 19.5 Å². The van der Waals surface area contributed by atoms with Crippen molar-refractivity contribution in [3.8, 4) is 17.2 Å². The van der Waals surface area contributed by atoms with E-state index >= 15 is 0 Å². The highest BCUT2D eigenvalue weighted by Crippen LogP contribution is 2.39. The molecule has 0 heterocycles. The monoisotopic (exact) mass is 358 g/mol. The summed E-state index contributed by atoms with van der Waals surface area (Å²) < 4.78 is 15.7. The molecule has 138 valence electrons. The summed E-state index contributed by atoms with van der Waals surface area (Å²) in [7, 11) is 6.01. The molecule has 2 amide bonds. The Balaban J connectivity index is 2.12. The normalized spacial score (nSPS) is 10.0. The largest absolute Gasteiger partial charge is 0.493 e. The van der Waals surface area contributed by atoms with Crippen LogP contribution in [0.4, 0.5) is 5.69 Å². The van der Waals surface area contributed by atoms with E-state index in [9.17, 15) is 9.59 Å². The summed E-state index contributed by atoms with van der Waals surface area (Å²) in [6.45, 7) is 0.336. The third-order valence-electron chi connectivity index (χ3n) is 3.73. The fourth-order valence-electron chi connectivity index (χ4n) is 2.44. The minimum absolute atomic E-state index is 0.336. The summed E-state index contributed by atoms with van der Waals surface area (Å²) in [6.07, 6.45) is 0. The Morgan fingerprint density at radius 2 is 1.54 bits per heavy atom. The smallest absolute Gasteiger partial charge is 0.313 e. The molecular weight excluding hydrogens is 336 g/mol. The molecule has 0 aliphatic carbocycles. The molecule has 0 aliphatic rings. The number of methoxy groups -OCH3 is 3. The van der Waals surface area contributed by atoms with Crippen LogP contribution in [-0.4, -0.2) is 45.1 Å². The average Bonchev–Trinajstić information content (AvgIpc) is 2.67. The van der Waals surface area contributed by atoms with E-state index in [0.717, 1.165) is 5.56 Å². The van der Waals surface area contributed by atoms with Crippen LogP contribution in [0.25, 0.3) is 0 Å². The molecule has 0 aromatic heterocycles. The zero-order chi connectivity index (χ0) is 19.1. The number of nitrogens with zero attached hydrogens (tertiary/aromatic N) is 1. The van der Waals surface area contributed by atoms with E-state index in [4.69, 9.17) is 14.2 Å². The number of ether oxygens (including phenoxy) is 3. The summed E-state index contributed by atoms with van der Waals surface area (Å²) in [5.74, 6) is -0.236. The van der Waals surface area contributed by atoms with Gasteiger partial charge >= 0.3 is 11.8 Å². The number of benzene rings is 2. The summed E-state index contributed by atoms with van der Waals surface area (Å²) in [5, 5.41) is 2.56. The fourth-order valence-corrected chi connectivity index (χ4v) is 2.44. The number of carbonyl (C=O) groups is 2. The fraction of sp³-hybridized carbons (Fsp3) is 0.263. The Morgan fingerprint density at radius 1 is 0.962 bits per heavy atom. The summed E-state index contributed by atoms with van der Waals surface area (Å²) in [6, 6.07) is 12.5. The number of likely N-dealkylation sites (N-methyl/N-ethyl adjacent to an activating group) is 1. The maximum Gasteiger partial charge on any atom is 0.313 e. The molecule has 0 radical (unpaired) electrons. The summed E-state index contributed by atoms with van der Waals surface area (Å²) >= 11 is 0. The van der Waals surface area contributed by atoms with Gasteiger partial charge in [0.25, 0.3) is 0 Å². The quantitative estimate of drug-likeness (QED) is 0.802. The second-order valence-corrected chi connectivity index (χ2v) is 5.51. The van der Waals surface area contributed by atoms with E-state index in [1.54, 1.807) is 19.2 Å². The number of rotatable bonds is 6. The zero-order valence-electron chi connectivity index (χ0n) is 15.2. The lowest BCUT2D eigenvalue weighted by atomic mass is 10.2. The van der Waals surface area contributed by atoms with Crippen molar-refractivity contribution in [1.29, 1.82) is 0 Å². The highest BCUT2D eigenvalue weighted by molar-refractivity contribution is 6.39. The van der Waals surface area contributed by atoms with E-state index in [2.05, 4.69) is 5.32 Å². The molecule has 0 spiro atoms. The number of carbonyl (C=O) groups excluding carboxylic acids is 2. The van der Waals surface area contributed by atoms with Crippen molar-refractivity contribution in [2.45, 2.75) is 6.54 Å². The van der Waals surface area contributed by atoms with Crippen molar-refractivity contribution < 1.29 is 23.8 Å². The van der Waals surface area contributed by atoms with Crippen molar-refractivity contribution in [3.63, 3.8) is 0 Å². The molecule has 7 heteroatoms. The zero-order valence-corrected chi connectivity index (χ0v) is 15.2. The topological polar surface area (TPSA) is 77.1 Å². The van der Waals surface area contributed by atoms with E-state index < -0.39 is 11.8 Å². The molecule has 0 aliphatic heterocycles. The van der Waals surface area contributed by atoms with Crippen LogP contribution in [0.1, 0.15) is 5.56 Å². The molecule has 0 fully saturated rings. The molecule has 7 nitrogen and oxygen atoms in total. The summed E-state index contributed by atoms with van der Waals surface area (Å²) in [5.41, 5.74) is 1.30. The van der Waals surface area contributed by atoms with Crippen LogP contribution in [-0.2, 0) is 16.1 Å². The number of nitrogens with one attached hydrogen (secondary N) is 1. The Bertz CT molecular complexity index is 752. The van der Waals surface area contributed by atoms with Gasteiger partial charge in [0, 0.05) is 31.4 Å². The minimum Gasteiger partial charge on any atom is -0.493 e. The molecule has 2 rings (SSSR count). The average molecular weight is 358 g/mol. The number of hydrogen-bond acceptors (Lipinski definition) is 5. The predicted octanol–water partition coefficient (Wildman–Crippen LogP) is 2.31. The highest BCUT2D eigenvalue weighted by Gasteiger charge is 2.21. The number of anilines is 1. The van der Waals surface area contributed by atoms with E-state index in [1.807, 2.05) is 30.3 Å². The predicted molar refractivity (Wildman–Crippen MR) is 97.6 cm³/mol. The van der Waals surface area contributed by atoms with Crippen LogP contribution in [0.3, 0.4) is 0 Å². The van der Waals surface area contributed by atoms with Gasteiger partial charge in [0.05, 0.1) is 21.3 Å². The molecule has 0 bridgehead atoms. The van der Waals surface area contributed by atoms with E-state index in [-0.39, 0.29) is 0 Å². The Labute approximate surface area is 152 Å². The molecule has 0 atom stereocenters. The first kappa shape index (κ1) is 19.1. The minimum atomic E-state index is -0.752. The van der Waals surface area contributed by atoms with Crippen molar-refractivity contribution >= 4 is 17.5 Å². The van der Waals surface area contributed by atoms with Crippen LogP contribution in [0.2, 0.25) is 0 Å². The van der Waals surface area contributed by atoms with Gasteiger partial charge in [-0.2, -0.15) is 0 Å². The lowest BCUT2D eigenvalue weighted by Crippen LogP contribution is -2.36. The van der Waals surface area contributed by atoms with Crippen molar-refractivity contribution in [2.24, 2.45) is 0 Å². The molecule has 0 unspecified atom stereocenters. The first-order valence-electron chi connectivity index (χ1n) is 7.90. The van der Waals surface area contributed by atoms with Gasteiger partial charge in [-0.3, -0.25) is 9.59 Å². The molecule has 0 saturated heterocycles. The number of amides is 2. The molecule has 2 aromatic rings. The lowest BCUT2D eigenvalue weighted by Gasteiger charge is -2.18. The molecule has 26 heavy (non-hydrogen) atoms. The Morgan fingerprint density at radius 3 is 2.04 bits per heavy atom. The van der Waals surface area contributed by atoms with E-state index in [1.165, 1.54) is 26.2 Å². The van der Waals surface area contributed by atoms with Crippen molar-refractivity contribution in [2.75, 3.05) is 33.7 Å². The second kappa shape index (κ2) is 8.75. The molecule has 2 aromatic carbocycles. The number of hydrogen-bond donors (Lipinski definition) is 1. The SMILES string of the molecule is COc1cc(NC(=O)C(=O)N(C)Cc2ccccc2)cc(OC)c1OC. The van der Waals surface area contributed by atoms with Gasteiger partial charge in [-0.05, 0) is 5.56 Å². The molecular formula is C19H22N2O5. The van der Waals surface area contributed by atoms with Crippen molar-refractivity contribution in [3.05, 3.63) is 48.0 Å². The van der Waals surface area contributed by atoms with Crippen molar-refractivity contribution in [1.82, 2.24) is 4.90 Å². The lowest BCUT2D eigenvalue weighted by molar-refractivity contribution is -0.142. The molecule has 1 N–H and O–H groups in total. The standard InChI is InChI=1S/C19H22N2O5/c1-21(12-13-8-6-5-7-9-13)19(23)18(22)20-14-10-15(24-2)17(26-4)16(11-14)25-3/h5-11H,12H2,1-4H3,(H,20,22). The van der Waals surface area contributed by atoms with Crippen LogP contribution in [0, 0.1) is 0 Å². The van der Waals surface area contributed by atoms with Crippen LogP contribution in [0.5, 0.6) is 17.2 Å². The summed E-state index contributed by atoms with van der Waals surface area (Å²) in [4.78, 5) is 25.9. The Hall–Kier alpha value is -3.22. The van der Waals surface area contributed by atoms with Crippen LogP contribution in [0.15, 0.2) is 42.5 Å². The highest BCUT2D eigenvalue weighted by atomic mass is 16.5. The first-order chi connectivity index (χ1) is 12.5. The Kier molecular flexibility index (Phi) is 6.43. The van der Waals surface area contributed by atoms with Gasteiger partial charge in [-0.25, -0.2) is 0 Å². The van der Waals surface area contributed by atoms with E-state index in [0.29, 0.717) is 29.5 Å². The van der Waals surface area contributed by atoms with Gasteiger partial charge in [-0.1, -0.05) is 30.3 Å². The third kappa shape index (κ3) is 4.44. The first-order valence-corrected chi connectivity index (χ1v) is 7.90. The third-order valence-corrected chi connectivity index (χ3v) is 3.73.